The van der Waals surface area contributed by atoms with Crippen LogP contribution < -0.4 is 5.32 Å². The summed E-state index contributed by atoms with van der Waals surface area (Å²) >= 11 is 5.59. The Morgan fingerprint density at radius 2 is 2.31 bits per heavy atom. The van der Waals surface area contributed by atoms with Crippen molar-refractivity contribution in [3.8, 4) is 0 Å². The minimum atomic E-state index is 0.423. The van der Waals surface area contributed by atoms with Crippen molar-refractivity contribution < 1.29 is 0 Å². The Morgan fingerprint density at radius 1 is 1.46 bits per heavy atom. The van der Waals surface area contributed by atoms with E-state index in [0.29, 0.717) is 5.15 Å². The van der Waals surface area contributed by atoms with Gasteiger partial charge in [-0.05, 0) is 38.2 Å². The van der Waals surface area contributed by atoms with Crippen LogP contribution in [0.2, 0.25) is 5.15 Å². The molecule has 4 heteroatoms. The maximum atomic E-state index is 5.59. The summed E-state index contributed by atoms with van der Waals surface area (Å²) in [6.07, 6.45) is 4.97. The highest BCUT2D eigenvalue weighted by Crippen LogP contribution is 2.03. The zero-order valence-corrected chi connectivity index (χ0v) is 8.25. The van der Waals surface area contributed by atoms with Gasteiger partial charge in [0.25, 0.3) is 0 Å². The van der Waals surface area contributed by atoms with Crippen LogP contribution in [0, 0.1) is 0 Å². The Hall–Kier alpha value is -0.930. The molecule has 1 rings (SSSR count). The fraction of sp³-hybridized carbons (Fsp3) is 0.333. The fourth-order valence-electron chi connectivity index (χ4n) is 0.847. The SMILES string of the molecule is CNCCC=Cc1ccc(Cl)nn1. The van der Waals surface area contributed by atoms with Gasteiger partial charge >= 0.3 is 0 Å². The van der Waals surface area contributed by atoms with Gasteiger partial charge in [0.2, 0.25) is 0 Å². The summed E-state index contributed by atoms with van der Waals surface area (Å²) in [5.41, 5.74) is 0.834. The molecule has 70 valence electrons. The van der Waals surface area contributed by atoms with Crippen molar-refractivity contribution >= 4 is 17.7 Å². The summed E-state index contributed by atoms with van der Waals surface area (Å²) in [5.74, 6) is 0. The van der Waals surface area contributed by atoms with Gasteiger partial charge in [0.15, 0.2) is 5.15 Å². The van der Waals surface area contributed by atoms with E-state index >= 15 is 0 Å². The Morgan fingerprint density at radius 3 is 2.92 bits per heavy atom. The van der Waals surface area contributed by atoms with Crippen LogP contribution in [0.25, 0.3) is 6.08 Å². The summed E-state index contributed by atoms with van der Waals surface area (Å²) in [7, 11) is 1.93. The molecular weight excluding hydrogens is 186 g/mol. The van der Waals surface area contributed by atoms with Crippen molar-refractivity contribution in [3.63, 3.8) is 0 Å². The van der Waals surface area contributed by atoms with Gasteiger partial charge in [-0.25, -0.2) is 0 Å². The van der Waals surface area contributed by atoms with Crippen LogP contribution in [0.4, 0.5) is 0 Å². The highest BCUT2D eigenvalue weighted by molar-refractivity contribution is 6.29. The van der Waals surface area contributed by atoms with Crippen molar-refractivity contribution in [3.05, 3.63) is 29.1 Å². The molecule has 0 spiro atoms. The lowest BCUT2D eigenvalue weighted by atomic mass is 10.3. The second-order valence-corrected chi connectivity index (χ2v) is 2.96. The molecule has 0 aliphatic rings. The number of nitrogens with one attached hydrogen (secondary N) is 1. The lowest BCUT2D eigenvalue weighted by Crippen LogP contribution is -2.05. The summed E-state index contributed by atoms with van der Waals surface area (Å²) < 4.78 is 0. The minimum Gasteiger partial charge on any atom is -0.319 e. The van der Waals surface area contributed by atoms with Gasteiger partial charge in [0, 0.05) is 0 Å². The Kier molecular flexibility index (Phi) is 4.43. The third kappa shape index (κ3) is 4.01. The van der Waals surface area contributed by atoms with E-state index in [-0.39, 0.29) is 0 Å². The van der Waals surface area contributed by atoms with Gasteiger partial charge in [-0.1, -0.05) is 17.7 Å². The van der Waals surface area contributed by atoms with E-state index < -0.39 is 0 Å². The molecule has 13 heavy (non-hydrogen) atoms. The maximum Gasteiger partial charge on any atom is 0.151 e. The first-order chi connectivity index (χ1) is 6.33. The molecule has 1 aromatic heterocycles. The number of hydrogen-bond acceptors (Lipinski definition) is 3. The van der Waals surface area contributed by atoms with Gasteiger partial charge in [0.1, 0.15) is 0 Å². The second-order valence-electron chi connectivity index (χ2n) is 2.58. The van der Waals surface area contributed by atoms with Crippen molar-refractivity contribution in [1.29, 1.82) is 0 Å². The molecule has 1 N–H and O–H groups in total. The van der Waals surface area contributed by atoms with E-state index in [2.05, 4.69) is 21.6 Å². The molecule has 0 radical (unpaired) electrons. The Bertz CT molecular complexity index is 269. The van der Waals surface area contributed by atoms with Crippen LogP contribution in [0.15, 0.2) is 18.2 Å². The van der Waals surface area contributed by atoms with Gasteiger partial charge < -0.3 is 5.32 Å². The van der Waals surface area contributed by atoms with E-state index in [4.69, 9.17) is 11.6 Å². The first-order valence-electron chi connectivity index (χ1n) is 4.13. The molecule has 0 fully saturated rings. The van der Waals surface area contributed by atoms with E-state index in [1.165, 1.54) is 0 Å². The third-order valence-corrected chi connectivity index (χ3v) is 1.70. The largest absolute Gasteiger partial charge is 0.319 e. The van der Waals surface area contributed by atoms with Crippen molar-refractivity contribution in [2.24, 2.45) is 0 Å². The van der Waals surface area contributed by atoms with Crippen LogP contribution >= 0.6 is 11.6 Å². The summed E-state index contributed by atoms with van der Waals surface area (Å²) in [6, 6.07) is 3.57. The van der Waals surface area contributed by atoms with E-state index in [0.717, 1.165) is 18.7 Å². The fourth-order valence-corrected chi connectivity index (χ4v) is 0.948. The summed E-state index contributed by atoms with van der Waals surface area (Å²) in [6.45, 7) is 0.970. The zero-order chi connectivity index (χ0) is 9.52. The predicted molar refractivity (Wildman–Crippen MR) is 54.6 cm³/mol. The highest BCUT2D eigenvalue weighted by atomic mass is 35.5. The van der Waals surface area contributed by atoms with E-state index in [9.17, 15) is 0 Å². The van der Waals surface area contributed by atoms with Crippen molar-refractivity contribution in [2.45, 2.75) is 6.42 Å². The first-order valence-corrected chi connectivity index (χ1v) is 4.51. The molecule has 0 saturated carbocycles. The van der Waals surface area contributed by atoms with Gasteiger partial charge in [-0.2, -0.15) is 0 Å². The molecule has 0 bridgehead atoms. The standard InChI is InChI=1S/C9H12ClN3/c1-11-7-3-2-4-8-5-6-9(10)13-12-8/h2,4-6,11H,3,7H2,1H3. The molecule has 0 amide bonds. The summed E-state index contributed by atoms with van der Waals surface area (Å²) in [4.78, 5) is 0. The van der Waals surface area contributed by atoms with Crippen LogP contribution in [0.3, 0.4) is 0 Å². The maximum absolute atomic E-state index is 5.59. The average Bonchev–Trinajstić information content (AvgIpc) is 2.15. The molecule has 0 aliphatic carbocycles. The minimum absolute atomic E-state index is 0.423. The monoisotopic (exact) mass is 197 g/mol. The molecule has 0 saturated heterocycles. The number of hydrogen-bond donors (Lipinski definition) is 1. The molecule has 0 atom stereocenters. The van der Waals surface area contributed by atoms with Gasteiger partial charge in [0.05, 0.1) is 5.69 Å². The smallest absolute Gasteiger partial charge is 0.151 e. The van der Waals surface area contributed by atoms with E-state index in [1.807, 2.05) is 19.2 Å². The number of halogens is 1. The van der Waals surface area contributed by atoms with Crippen LogP contribution in [0.1, 0.15) is 12.1 Å². The molecule has 1 aromatic rings. The number of rotatable bonds is 4. The van der Waals surface area contributed by atoms with Gasteiger partial charge in [-0.15, -0.1) is 10.2 Å². The topological polar surface area (TPSA) is 37.8 Å². The van der Waals surface area contributed by atoms with E-state index in [1.54, 1.807) is 6.07 Å². The van der Waals surface area contributed by atoms with Crippen molar-refractivity contribution in [2.75, 3.05) is 13.6 Å². The van der Waals surface area contributed by atoms with Gasteiger partial charge in [-0.3, -0.25) is 0 Å². The quantitative estimate of drug-likeness (QED) is 0.748. The van der Waals surface area contributed by atoms with Crippen LogP contribution in [-0.2, 0) is 0 Å². The highest BCUT2D eigenvalue weighted by Gasteiger charge is 1.89. The third-order valence-electron chi connectivity index (χ3n) is 1.50. The van der Waals surface area contributed by atoms with Crippen LogP contribution in [-0.4, -0.2) is 23.8 Å². The molecule has 0 aromatic carbocycles. The second kappa shape index (κ2) is 5.67. The average molecular weight is 198 g/mol. The van der Waals surface area contributed by atoms with Crippen molar-refractivity contribution in [1.82, 2.24) is 15.5 Å². The molecule has 3 nitrogen and oxygen atoms in total. The lowest BCUT2D eigenvalue weighted by Gasteiger charge is -1.92. The predicted octanol–water partition coefficient (Wildman–Crippen LogP) is 1.75. The Balaban J connectivity index is 2.44. The molecular formula is C9H12ClN3. The molecule has 0 aliphatic heterocycles. The number of nitrogens with zero attached hydrogens (tertiary/aromatic N) is 2. The number of aromatic nitrogens is 2. The molecule has 0 unspecified atom stereocenters. The molecule has 1 heterocycles. The lowest BCUT2D eigenvalue weighted by molar-refractivity contribution is 0.809. The summed E-state index contributed by atoms with van der Waals surface area (Å²) in [5, 5.41) is 11.1. The first kappa shape index (κ1) is 10.2. The normalized spacial score (nSPS) is 10.9. The van der Waals surface area contributed by atoms with Crippen LogP contribution in [0.5, 0.6) is 0 Å². The Labute approximate surface area is 82.8 Å². The zero-order valence-electron chi connectivity index (χ0n) is 7.50.